The van der Waals surface area contributed by atoms with E-state index in [9.17, 15) is 4.79 Å². The number of nitrogens with zero attached hydrogens (tertiary/aromatic N) is 1. The van der Waals surface area contributed by atoms with Crippen LogP contribution in [0.4, 0.5) is 0 Å². The predicted octanol–water partition coefficient (Wildman–Crippen LogP) is 2.24. The molecule has 0 saturated carbocycles. The van der Waals surface area contributed by atoms with Crippen molar-refractivity contribution in [1.29, 1.82) is 0 Å². The van der Waals surface area contributed by atoms with E-state index in [0.29, 0.717) is 24.2 Å². The molecule has 3 unspecified atom stereocenters. The van der Waals surface area contributed by atoms with E-state index in [2.05, 4.69) is 25.7 Å². The van der Waals surface area contributed by atoms with Crippen molar-refractivity contribution in [2.45, 2.75) is 64.6 Å². The molecule has 2 aliphatic heterocycles. The molecule has 2 rings (SSSR count). The highest BCUT2D eigenvalue weighted by Gasteiger charge is 2.51. The number of likely N-dealkylation sites (tertiary alicyclic amines) is 1. The quantitative estimate of drug-likeness (QED) is 0.753. The average molecular weight is 239 g/mol. The number of ketones is 1. The zero-order valence-electron chi connectivity index (χ0n) is 11.5. The Morgan fingerprint density at radius 3 is 2.71 bits per heavy atom. The second-order valence-electron chi connectivity index (χ2n) is 5.94. The van der Waals surface area contributed by atoms with Gasteiger partial charge in [0.2, 0.25) is 0 Å². The zero-order chi connectivity index (χ0) is 12.6. The fourth-order valence-electron chi connectivity index (χ4n) is 3.20. The minimum absolute atomic E-state index is 0.0995. The van der Waals surface area contributed by atoms with E-state index in [1.165, 1.54) is 0 Å². The average Bonchev–Trinajstić information content (AvgIpc) is 2.87. The van der Waals surface area contributed by atoms with Crippen LogP contribution in [0.25, 0.3) is 0 Å². The Hall–Kier alpha value is -0.410. The Labute approximate surface area is 105 Å². The van der Waals surface area contributed by atoms with Crippen molar-refractivity contribution in [2.75, 3.05) is 13.2 Å². The minimum atomic E-state index is 0.0995. The SMILES string of the molecule is CCC(=O)C1C2CCOC2CN1C(C)(C)CC. The number of fused-ring (bicyclic) bond motifs is 1. The summed E-state index contributed by atoms with van der Waals surface area (Å²) in [6.07, 6.45) is 3.06. The summed E-state index contributed by atoms with van der Waals surface area (Å²) in [5.74, 6) is 0.831. The third-order valence-corrected chi connectivity index (χ3v) is 4.70. The summed E-state index contributed by atoms with van der Waals surface area (Å²) in [4.78, 5) is 14.6. The maximum Gasteiger partial charge on any atom is 0.150 e. The molecule has 0 aromatic rings. The van der Waals surface area contributed by atoms with Crippen LogP contribution in [0.15, 0.2) is 0 Å². The molecule has 3 nitrogen and oxygen atoms in total. The molecule has 2 saturated heterocycles. The van der Waals surface area contributed by atoms with Crippen LogP contribution in [0.2, 0.25) is 0 Å². The number of hydrogen-bond donors (Lipinski definition) is 0. The van der Waals surface area contributed by atoms with E-state index >= 15 is 0 Å². The molecule has 0 bridgehead atoms. The molecular weight excluding hydrogens is 214 g/mol. The highest BCUT2D eigenvalue weighted by atomic mass is 16.5. The van der Waals surface area contributed by atoms with Gasteiger partial charge in [-0.05, 0) is 26.7 Å². The van der Waals surface area contributed by atoms with Gasteiger partial charge in [0, 0.05) is 31.0 Å². The van der Waals surface area contributed by atoms with Crippen molar-refractivity contribution in [3.05, 3.63) is 0 Å². The molecule has 2 heterocycles. The lowest BCUT2D eigenvalue weighted by Crippen LogP contribution is -2.51. The lowest BCUT2D eigenvalue weighted by molar-refractivity contribution is -0.126. The number of ether oxygens (including phenoxy) is 1. The van der Waals surface area contributed by atoms with Crippen LogP contribution in [0.1, 0.15) is 47.0 Å². The van der Waals surface area contributed by atoms with E-state index < -0.39 is 0 Å². The maximum atomic E-state index is 12.2. The van der Waals surface area contributed by atoms with E-state index in [1.807, 2.05) is 6.92 Å². The Kier molecular flexibility index (Phi) is 3.60. The maximum absolute atomic E-state index is 12.2. The molecule has 3 atom stereocenters. The van der Waals surface area contributed by atoms with Crippen LogP contribution in [0.3, 0.4) is 0 Å². The first-order valence-electron chi connectivity index (χ1n) is 6.92. The predicted molar refractivity (Wildman–Crippen MR) is 68.0 cm³/mol. The van der Waals surface area contributed by atoms with Gasteiger partial charge in [0.1, 0.15) is 5.78 Å². The third kappa shape index (κ3) is 2.15. The lowest BCUT2D eigenvalue weighted by Gasteiger charge is -2.39. The summed E-state index contributed by atoms with van der Waals surface area (Å²) in [5.41, 5.74) is 0.100. The van der Waals surface area contributed by atoms with Gasteiger partial charge in [0.05, 0.1) is 12.1 Å². The van der Waals surface area contributed by atoms with Gasteiger partial charge in [-0.1, -0.05) is 13.8 Å². The number of Topliss-reactive ketones (excluding diaryl/α,β-unsaturated/α-hetero) is 1. The molecule has 0 aliphatic carbocycles. The molecule has 0 amide bonds. The molecule has 0 aromatic heterocycles. The first-order chi connectivity index (χ1) is 8.01. The van der Waals surface area contributed by atoms with Gasteiger partial charge in [-0.15, -0.1) is 0 Å². The van der Waals surface area contributed by atoms with Crippen LogP contribution in [-0.2, 0) is 9.53 Å². The summed E-state index contributed by atoms with van der Waals surface area (Å²) in [6.45, 7) is 10.4. The van der Waals surface area contributed by atoms with Crippen molar-refractivity contribution < 1.29 is 9.53 Å². The van der Waals surface area contributed by atoms with Gasteiger partial charge >= 0.3 is 0 Å². The molecule has 17 heavy (non-hydrogen) atoms. The molecule has 3 heteroatoms. The van der Waals surface area contributed by atoms with Crippen LogP contribution in [0, 0.1) is 5.92 Å². The summed E-state index contributed by atoms with van der Waals surface area (Å²) in [5, 5.41) is 0. The van der Waals surface area contributed by atoms with Gasteiger partial charge in [0.25, 0.3) is 0 Å². The molecule has 0 N–H and O–H groups in total. The summed E-state index contributed by atoms with van der Waals surface area (Å²) in [6, 6.07) is 0.0995. The first kappa shape index (κ1) is 13.0. The van der Waals surface area contributed by atoms with Crippen molar-refractivity contribution in [3.8, 4) is 0 Å². The van der Waals surface area contributed by atoms with Gasteiger partial charge in [-0.25, -0.2) is 0 Å². The Morgan fingerprint density at radius 1 is 1.41 bits per heavy atom. The number of carbonyl (C=O) groups excluding carboxylic acids is 1. The Bertz CT molecular complexity index is 301. The van der Waals surface area contributed by atoms with Crippen molar-refractivity contribution in [2.24, 2.45) is 5.92 Å². The van der Waals surface area contributed by atoms with Crippen LogP contribution in [-0.4, -0.2) is 41.5 Å². The van der Waals surface area contributed by atoms with E-state index in [-0.39, 0.29) is 11.6 Å². The van der Waals surface area contributed by atoms with Gasteiger partial charge in [0.15, 0.2) is 0 Å². The summed E-state index contributed by atoms with van der Waals surface area (Å²) in [7, 11) is 0. The third-order valence-electron chi connectivity index (χ3n) is 4.70. The Balaban J connectivity index is 2.23. The van der Waals surface area contributed by atoms with Gasteiger partial charge in [-0.3, -0.25) is 9.69 Å². The van der Waals surface area contributed by atoms with E-state index in [1.54, 1.807) is 0 Å². The van der Waals surface area contributed by atoms with Crippen LogP contribution >= 0.6 is 0 Å². The number of carbonyl (C=O) groups is 1. The Morgan fingerprint density at radius 2 is 2.12 bits per heavy atom. The second-order valence-corrected chi connectivity index (χ2v) is 5.94. The molecule has 0 radical (unpaired) electrons. The first-order valence-corrected chi connectivity index (χ1v) is 6.92. The molecule has 0 aromatic carbocycles. The van der Waals surface area contributed by atoms with Crippen molar-refractivity contribution >= 4 is 5.78 Å². The molecular formula is C14H25NO2. The van der Waals surface area contributed by atoms with Gasteiger partial charge < -0.3 is 4.74 Å². The van der Waals surface area contributed by atoms with Crippen molar-refractivity contribution in [1.82, 2.24) is 4.90 Å². The van der Waals surface area contributed by atoms with E-state index in [0.717, 1.165) is 26.0 Å². The smallest absolute Gasteiger partial charge is 0.150 e. The largest absolute Gasteiger partial charge is 0.377 e. The zero-order valence-corrected chi connectivity index (χ0v) is 11.5. The monoisotopic (exact) mass is 239 g/mol. The topological polar surface area (TPSA) is 29.5 Å². The summed E-state index contributed by atoms with van der Waals surface area (Å²) >= 11 is 0. The number of hydrogen-bond acceptors (Lipinski definition) is 3. The highest BCUT2D eigenvalue weighted by Crippen LogP contribution is 2.39. The van der Waals surface area contributed by atoms with Gasteiger partial charge in [-0.2, -0.15) is 0 Å². The standard InChI is InChI=1S/C14H25NO2/c1-5-11(16)13-10-7-8-17-12(10)9-15(13)14(3,4)6-2/h10,12-13H,5-9H2,1-4H3. The second kappa shape index (κ2) is 4.69. The van der Waals surface area contributed by atoms with E-state index in [4.69, 9.17) is 4.74 Å². The van der Waals surface area contributed by atoms with Crippen LogP contribution < -0.4 is 0 Å². The molecule has 98 valence electrons. The highest BCUT2D eigenvalue weighted by molar-refractivity contribution is 5.84. The molecule has 2 aliphatic rings. The normalized spacial score (nSPS) is 34.0. The van der Waals surface area contributed by atoms with Crippen LogP contribution in [0.5, 0.6) is 0 Å². The fraction of sp³-hybridized carbons (Fsp3) is 0.929. The fourth-order valence-corrected chi connectivity index (χ4v) is 3.20. The molecule has 2 fully saturated rings. The lowest BCUT2D eigenvalue weighted by atomic mass is 9.90. The summed E-state index contributed by atoms with van der Waals surface area (Å²) < 4.78 is 5.78. The molecule has 0 spiro atoms. The minimum Gasteiger partial charge on any atom is -0.377 e. The number of rotatable bonds is 4. The van der Waals surface area contributed by atoms with Crippen molar-refractivity contribution in [3.63, 3.8) is 0 Å².